The Hall–Kier alpha value is -0.610. The molecule has 0 aliphatic rings. The SMILES string of the molecule is CCN(CCCO)C(C)C(N)=O. The molecule has 0 saturated heterocycles. The van der Waals surface area contributed by atoms with E-state index in [0.29, 0.717) is 6.42 Å². The molecule has 0 heterocycles. The highest BCUT2D eigenvalue weighted by atomic mass is 16.3. The third-order valence-electron chi connectivity index (χ3n) is 1.97. The Bertz CT molecular complexity index is 139. The van der Waals surface area contributed by atoms with Crippen LogP contribution in [0.3, 0.4) is 0 Å². The molecule has 12 heavy (non-hydrogen) atoms. The second-order valence-electron chi connectivity index (χ2n) is 2.78. The van der Waals surface area contributed by atoms with Crippen molar-refractivity contribution in [2.45, 2.75) is 26.3 Å². The maximum atomic E-state index is 10.8. The number of carbonyl (C=O) groups excluding carboxylic acids is 1. The first-order chi connectivity index (χ1) is 5.63. The van der Waals surface area contributed by atoms with Crippen molar-refractivity contribution in [2.75, 3.05) is 19.7 Å². The van der Waals surface area contributed by atoms with Crippen LogP contribution in [0.4, 0.5) is 0 Å². The van der Waals surface area contributed by atoms with Gasteiger partial charge in [0.05, 0.1) is 6.04 Å². The molecule has 1 unspecified atom stereocenters. The Balaban J connectivity index is 3.87. The lowest BCUT2D eigenvalue weighted by Crippen LogP contribution is -2.43. The van der Waals surface area contributed by atoms with Crippen LogP contribution < -0.4 is 5.73 Å². The summed E-state index contributed by atoms with van der Waals surface area (Å²) in [6.45, 7) is 5.41. The molecule has 0 bridgehead atoms. The number of nitrogens with zero attached hydrogens (tertiary/aromatic N) is 1. The summed E-state index contributed by atoms with van der Waals surface area (Å²) in [5, 5.41) is 8.59. The standard InChI is InChI=1S/C8H18N2O2/c1-3-10(5-4-6-11)7(2)8(9)12/h7,11H,3-6H2,1-2H3,(H2,9,12). The van der Waals surface area contributed by atoms with E-state index in [1.54, 1.807) is 6.92 Å². The molecule has 0 aromatic carbocycles. The molecular formula is C8H18N2O2. The van der Waals surface area contributed by atoms with E-state index in [-0.39, 0.29) is 18.6 Å². The fourth-order valence-corrected chi connectivity index (χ4v) is 1.08. The van der Waals surface area contributed by atoms with Gasteiger partial charge in [-0.15, -0.1) is 0 Å². The van der Waals surface area contributed by atoms with Gasteiger partial charge < -0.3 is 10.8 Å². The van der Waals surface area contributed by atoms with Gasteiger partial charge in [0.2, 0.25) is 5.91 Å². The summed E-state index contributed by atoms with van der Waals surface area (Å²) in [4.78, 5) is 12.7. The van der Waals surface area contributed by atoms with Crippen molar-refractivity contribution < 1.29 is 9.90 Å². The molecule has 0 radical (unpaired) electrons. The van der Waals surface area contributed by atoms with Gasteiger partial charge in [0.1, 0.15) is 0 Å². The zero-order chi connectivity index (χ0) is 9.56. The van der Waals surface area contributed by atoms with Crippen LogP contribution in [0.2, 0.25) is 0 Å². The molecule has 0 fully saturated rings. The number of nitrogens with two attached hydrogens (primary N) is 1. The van der Waals surface area contributed by atoms with Crippen molar-refractivity contribution in [3.05, 3.63) is 0 Å². The lowest BCUT2D eigenvalue weighted by Gasteiger charge is -2.24. The molecule has 1 amide bonds. The topological polar surface area (TPSA) is 66.6 Å². The number of rotatable bonds is 6. The first-order valence-electron chi connectivity index (χ1n) is 4.27. The zero-order valence-corrected chi connectivity index (χ0v) is 7.79. The average Bonchev–Trinajstić information content (AvgIpc) is 2.05. The summed E-state index contributed by atoms with van der Waals surface area (Å²) in [6.07, 6.45) is 0.686. The molecule has 1 atom stereocenters. The molecule has 0 spiro atoms. The fraction of sp³-hybridized carbons (Fsp3) is 0.875. The lowest BCUT2D eigenvalue weighted by molar-refractivity contribution is -0.122. The van der Waals surface area contributed by atoms with Gasteiger partial charge in [-0.1, -0.05) is 6.92 Å². The highest BCUT2D eigenvalue weighted by molar-refractivity contribution is 5.79. The van der Waals surface area contributed by atoms with E-state index in [0.717, 1.165) is 13.1 Å². The Kier molecular flexibility index (Phi) is 5.66. The van der Waals surface area contributed by atoms with Crippen molar-refractivity contribution >= 4 is 5.91 Å². The summed E-state index contributed by atoms with van der Waals surface area (Å²) in [7, 11) is 0. The minimum atomic E-state index is -0.310. The van der Waals surface area contributed by atoms with Gasteiger partial charge in [0.25, 0.3) is 0 Å². The van der Waals surface area contributed by atoms with E-state index in [9.17, 15) is 4.79 Å². The normalized spacial score (nSPS) is 13.3. The number of aliphatic hydroxyl groups excluding tert-OH is 1. The molecule has 4 nitrogen and oxygen atoms in total. The number of hydrogen-bond donors (Lipinski definition) is 2. The van der Waals surface area contributed by atoms with E-state index >= 15 is 0 Å². The first-order valence-corrected chi connectivity index (χ1v) is 4.27. The number of likely N-dealkylation sites (N-methyl/N-ethyl adjacent to an activating group) is 1. The van der Waals surface area contributed by atoms with Crippen molar-refractivity contribution in [3.63, 3.8) is 0 Å². The Morgan fingerprint density at radius 1 is 1.67 bits per heavy atom. The van der Waals surface area contributed by atoms with Gasteiger partial charge in [0, 0.05) is 13.2 Å². The molecule has 72 valence electrons. The molecule has 0 aliphatic carbocycles. The minimum Gasteiger partial charge on any atom is -0.396 e. The Morgan fingerprint density at radius 2 is 2.25 bits per heavy atom. The summed E-state index contributed by atoms with van der Waals surface area (Å²) in [6, 6.07) is -0.235. The molecule has 0 aliphatic heterocycles. The largest absolute Gasteiger partial charge is 0.396 e. The number of amides is 1. The van der Waals surface area contributed by atoms with Crippen LogP contribution in [-0.4, -0.2) is 41.7 Å². The molecule has 4 heteroatoms. The van der Waals surface area contributed by atoms with Crippen molar-refractivity contribution in [1.82, 2.24) is 4.90 Å². The third kappa shape index (κ3) is 3.69. The maximum absolute atomic E-state index is 10.8. The van der Waals surface area contributed by atoms with E-state index < -0.39 is 0 Å². The number of aliphatic hydroxyl groups is 1. The quantitative estimate of drug-likeness (QED) is 0.574. The highest BCUT2D eigenvalue weighted by Crippen LogP contribution is 1.98. The van der Waals surface area contributed by atoms with Crippen LogP contribution in [0.5, 0.6) is 0 Å². The Morgan fingerprint density at radius 3 is 2.58 bits per heavy atom. The summed E-state index contributed by atoms with van der Waals surface area (Å²) < 4.78 is 0. The van der Waals surface area contributed by atoms with Crippen molar-refractivity contribution in [1.29, 1.82) is 0 Å². The molecule has 0 saturated carbocycles. The van der Waals surface area contributed by atoms with Gasteiger partial charge in [0.15, 0.2) is 0 Å². The van der Waals surface area contributed by atoms with E-state index in [1.165, 1.54) is 0 Å². The fourth-order valence-electron chi connectivity index (χ4n) is 1.08. The van der Waals surface area contributed by atoms with Gasteiger partial charge in [-0.2, -0.15) is 0 Å². The van der Waals surface area contributed by atoms with Crippen LogP contribution in [0.1, 0.15) is 20.3 Å². The molecule has 0 rings (SSSR count). The average molecular weight is 174 g/mol. The monoisotopic (exact) mass is 174 g/mol. The van der Waals surface area contributed by atoms with E-state index in [1.807, 2.05) is 11.8 Å². The minimum absolute atomic E-state index is 0.155. The van der Waals surface area contributed by atoms with Gasteiger partial charge in [-0.3, -0.25) is 9.69 Å². The number of primary amides is 1. The number of carbonyl (C=O) groups is 1. The molecule has 0 aromatic rings. The summed E-state index contributed by atoms with van der Waals surface area (Å²) in [5.74, 6) is -0.310. The molecule has 0 aromatic heterocycles. The molecule has 3 N–H and O–H groups in total. The summed E-state index contributed by atoms with van der Waals surface area (Å²) >= 11 is 0. The first kappa shape index (κ1) is 11.4. The highest BCUT2D eigenvalue weighted by Gasteiger charge is 2.15. The molecular weight excluding hydrogens is 156 g/mol. The van der Waals surface area contributed by atoms with E-state index in [2.05, 4.69) is 0 Å². The van der Waals surface area contributed by atoms with E-state index in [4.69, 9.17) is 10.8 Å². The predicted octanol–water partition coefficient (Wildman–Crippen LogP) is -0.435. The second kappa shape index (κ2) is 5.97. The van der Waals surface area contributed by atoms with Gasteiger partial charge >= 0.3 is 0 Å². The van der Waals surface area contributed by atoms with Crippen molar-refractivity contribution in [2.24, 2.45) is 5.73 Å². The van der Waals surface area contributed by atoms with Crippen LogP contribution in [0, 0.1) is 0 Å². The number of hydrogen-bond acceptors (Lipinski definition) is 3. The van der Waals surface area contributed by atoms with Crippen LogP contribution in [-0.2, 0) is 4.79 Å². The van der Waals surface area contributed by atoms with Crippen molar-refractivity contribution in [3.8, 4) is 0 Å². The predicted molar refractivity (Wildman–Crippen MR) is 47.6 cm³/mol. The second-order valence-corrected chi connectivity index (χ2v) is 2.78. The summed E-state index contributed by atoms with van der Waals surface area (Å²) in [5.41, 5.74) is 5.14. The zero-order valence-electron chi connectivity index (χ0n) is 7.79. The lowest BCUT2D eigenvalue weighted by atomic mass is 10.2. The Labute approximate surface area is 73.3 Å². The van der Waals surface area contributed by atoms with Crippen LogP contribution >= 0.6 is 0 Å². The smallest absolute Gasteiger partial charge is 0.234 e. The van der Waals surface area contributed by atoms with Gasteiger partial charge in [-0.25, -0.2) is 0 Å². The van der Waals surface area contributed by atoms with Gasteiger partial charge in [-0.05, 0) is 19.9 Å². The maximum Gasteiger partial charge on any atom is 0.234 e. The van der Waals surface area contributed by atoms with Crippen LogP contribution in [0.25, 0.3) is 0 Å². The van der Waals surface area contributed by atoms with Crippen LogP contribution in [0.15, 0.2) is 0 Å². The third-order valence-corrected chi connectivity index (χ3v) is 1.97.